The Morgan fingerprint density at radius 3 is 2.84 bits per heavy atom. The molecular formula is C17H26N2. The minimum atomic E-state index is 0.983. The van der Waals surface area contributed by atoms with E-state index >= 15 is 0 Å². The highest BCUT2D eigenvalue weighted by Gasteiger charge is 2.17. The lowest BCUT2D eigenvalue weighted by Gasteiger charge is -2.28. The number of para-hydroxylation sites is 1. The topological polar surface area (TPSA) is 15.3 Å². The Morgan fingerprint density at radius 2 is 1.95 bits per heavy atom. The maximum Gasteiger partial charge on any atom is 0.0412 e. The summed E-state index contributed by atoms with van der Waals surface area (Å²) < 4.78 is 0. The van der Waals surface area contributed by atoms with E-state index in [1.807, 2.05) is 0 Å². The summed E-state index contributed by atoms with van der Waals surface area (Å²) >= 11 is 0. The third-order valence-corrected chi connectivity index (χ3v) is 4.74. The molecule has 2 heteroatoms. The van der Waals surface area contributed by atoms with E-state index in [1.165, 1.54) is 56.3 Å². The molecule has 0 aromatic heterocycles. The zero-order chi connectivity index (χ0) is 12.9. The molecule has 0 atom stereocenters. The number of rotatable bonds is 3. The van der Waals surface area contributed by atoms with Gasteiger partial charge in [-0.3, -0.25) is 0 Å². The van der Waals surface area contributed by atoms with Crippen LogP contribution in [0.3, 0.4) is 0 Å². The molecule has 1 aliphatic carbocycles. The molecule has 0 amide bonds. The van der Waals surface area contributed by atoms with E-state index in [-0.39, 0.29) is 0 Å². The van der Waals surface area contributed by atoms with E-state index in [0.717, 1.165) is 25.6 Å². The van der Waals surface area contributed by atoms with Crippen LogP contribution in [0, 0.1) is 5.92 Å². The van der Waals surface area contributed by atoms with E-state index in [0.29, 0.717) is 0 Å². The number of nitrogens with one attached hydrogen (secondary N) is 1. The van der Waals surface area contributed by atoms with Crippen molar-refractivity contribution in [1.82, 2.24) is 5.32 Å². The number of hydrogen-bond donors (Lipinski definition) is 1. The van der Waals surface area contributed by atoms with Crippen molar-refractivity contribution in [2.45, 2.75) is 45.1 Å². The first-order chi connectivity index (χ1) is 9.43. The highest BCUT2D eigenvalue weighted by molar-refractivity contribution is 5.54. The first-order valence-electron chi connectivity index (χ1n) is 7.97. The Balaban J connectivity index is 1.63. The Morgan fingerprint density at radius 1 is 1.11 bits per heavy atom. The molecule has 1 saturated carbocycles. The van der Waals surface area contributed by atoms with Crippen molar-refractivity contribution in [3.8, 4) is 0 Å². The normalized spacial score (nSPS) is 20.9. The molecule has 1 aromatic rings. The molecule has 19 heavy (non-hydrogen) atoms. The lowest BCUT2D eigenvalue weighted by Crippen LogP contribution is -2.31. The average molecular weight is 258 g/mol. The quantitative estimate of drug-likeness (QED) is 0.891. The molecule has 0 radical (unpaired) electrons. The lowest BCUT2D eigenvalue weighted by molar-refractivity contribution is 0.340. The van der Waals surface area contributed by atoms with Crippen LogP contribution in [0.25, 0.3) is 0 Å². The SMILES string of the molecule is c1ccc2c(c1)CNCCN2CCC1CCCCC1. The van der Waals surface area contributed by atoms with Gasteiger partial charge >= 0.3 is 0 Å². The number of hydrogen-bond acceptors (Lipinski definition) is 2. The summed E-state index contributed by atoms with van der Waals surface area (Å²) in [6, 6.07) is 8.90. The van der Waals surface area contributed by atoms with E-state index in [4.69, 9.17) is 0 Å². The van der Waals surface area contributed by atoms with Crippen molar-refractivity contribution in [3.05, 3.63) is 29.8 Å². The second-order valence-electron chi connectivity index (χ2n) is 6.09. The second kappa shape index (κ2) is 6.42. The smallest absolute Gasteiger partial charge is 0.0412 e. The van der Waals surface area contributed by atoms with Gasteiger partial charge in [0.2, 0.25) is 0 Å². The monoisotopic (exact) mass is 258 g/mol. The Hall–Kier alpha value is -1.02. The molecule has 3 rings (SSSR count). The molecule has 0 unspecified atom stereocenters. The summed E-state index contributed by atoms with van der Waals surface area (Å²) in [6.07, 6.45) is 8.70. The highest BCUT2D eigenvalue weighted by atomic mass is 15.2. The van der Waals surface area contributed by atoms with Crippen LogP contribution in [0.2, 0.25) is 0 Å². The van der Waals surface area contributed by atoms with Gasteiger partial charge in [-0.05, 0) is 24.0 Å². The summed E-state index contributed by atoms with van der Waals surface area (Å²) in [6.45, 7) is 4.53. The summed E-state index contributed by atoms with van der Waals surface area (Å²) in [5, 5.41) is 3.53. The molecule has 0 bridgehead atoms. The first kappa shape index (κ1) is 13.0. The van der Waals surface area contributed by atoms with Crippen LogP contribution in [-0.4, -0.2) is 19.6 Å². The molecule has 1 fully saturated rings. The summed E-state index contributed by atoms with van der Waals surface area (Å²) in [7, 11) is 0. The maximum absolute atomic E-state index is 3.53. The zero-order valence-electron chi connectivity index (χ0n) is 11.9. The minimum Gasteiger partial charge on any atom is -0.370 e. The minimum absolute atomic E-state index is 0.983. The third-order valence-electron chi connectivity index (χ3n) is 4.74. The van der Waals surface area contributed by atoms with Gasteiger partial charge in [0.15, 0.2) is 0 Å². The van der Waals surface area contributed by atoms with Gasteiger partial charge in [-0.25, -0.2) is 0 Å². The van der Waals surface area contributed by atoms with Crippen LogP contribution in [0.4, 0.5) is 5.69 Å². The predicted octanol–water partition coefficient (Wildman–Crippen LogP) is 3.57. The van der Waals surface area contributed by atoms with Crippen LogP contribution >= 0.6 is 0 Å². The fourth-order valence-corrected chi connectivity index (χ4v) is 3.57. The molecule has 1 heterocycles. The molecular weight excluding hydrogens is 232 g/mol. The molecule has 104 valence electrons. The van der Waals surface area contributed by atoms with Gasteiger partial charge in [0.05, 0.1) is 0 Å². The van der Waals surface area contributed by atoms with Crippen molar-refractivity contribution < 1.29 is 0 Å². The van der Waals surface area contributed by atoms with E-state index in [1.54, 1.807) is 0 Å². The number of nitrogens with zero attached hydrogens (tertiary/aromatic N) is 1. The van der Waals surface area contributed by atoms with Crippen molar-refractivity contribution in [2.24, 2.45) is 5.92 Å². The van der Waals surface area contributed by atoms with Crippen LogP contribution < -0.4 is 10.2 Å². The van der Waals surface area contributed by atoms with Gasteiger partial charge in [-0.1, -0.05) is 50.3 Å². The molecule has 1 N–H and O–H groups in total. The lowest BCUT2D eigenvalue weighted by atomic mass is 9.87. The second-order valence-corrected chi connectivity index (χ2v) is 6.09. The van der Waals surface area contributed by atoms with E-state index < -0.39 is 0 Å². The van der Waals surface area contributed by atoms with Crippen molar-refractivity contribution in [3.63, 3.8) is 0 Å². The van der Waals surface area contributed by atoms with Crippen LogP contribution in [0.1, 0.15) is 44.1 Å². The molecule has 0 spiro atoms. The Bertz CT molecular complexity index is 396. The Labute approximate surface area is 117 Å². The zero-order valence-corrected chi connectivity index (χ0v) is 11.9. The molecule has 1 aliphatic heterocycles. The van der Waals surface area contributed by atoms with Crippen LogP contribution in [0.5, 0.6) is 0 Å². The van der Waals surface area contributed by atoms with Crippen LogP contribution in [-0.2, 0) is 6.54 Å². The third kappa shape index (κ3) is 3.30. The van der Waals surface area contributed by atoms with E-state index in [2.05, 4.69) is 34.5 Å². The van der Waals surface area contributed by atoms with Gasteiger partial charge in [0, 0.05) is 31.9 Å². The fourth-order valence-electron chi connectivity index (χ4n) is 3.57. The molecule has 2 aliphatic rings. The van der Waals surface area contributed by atoms with Crippen molar-refractivity contribution in [1.29, 1.82) is 0 Å². The van der Waals surface area contributed by atoms with E-state index in [9.17, 15) is 0 Å². The van der Waals surface area contributed by atoms with Gasteiger partial charge in [-0.15, -0.1) is 0 Å². The Kier molecular flexibility index (Phi) is 4.39. The number of anilines is 1. The first-order valence-corrected chi connectivity index (χ1v) is 7.97. The average Bonchev–Trinajstić information content (AvgIpc) is 2.68. The largest absolute Gasteiger partial charge is 0.370 e. The predicted molar refractivity (Wildman–Crippen MR) is 81.6 cm³/mol. The van der Waals surface area contributed by atoms with Gasteiger partial charge in [0.1, 0.15) is 0 Å². The summed E-state index contributed by atoms with van der Waals surface area (Å²) in [5.41, 5.74) is 2.92. The number of benzene rings is 1. The summed E-state index contributed by atoms with van der Waals surface area (Å²) in [4.78, 5) is 2.60. The van der Waals surface area contributed by atoms with Gasteiger partial charge in [-0.2, -0.15) is 0 Å². The maximum atomic E-state index is 3.53. The fraction of sp³-hybridized carbons (Fsp3) is 0.647. The summed E-state index contributed by atoms with van der Waals surface area (Å²) in [5.74, 6) is 0.983. The molecule has 1 aromatic carbocycles. The van der Waals surface area contributed by atoms with Gasteiger partial charge in [0.25, 0.3) is 0 Å². The standard InChI is InChI=1S/C17H26N2/c1-2-6-15(7-3-1)10-12-19-13-11-18-14-16-8-4-5-9-17(16)19/h4-5,8-9,15,18H,1-3,6-7,10-14H2. The number of fused-ring (bicyclic) bond motifs is 1. The van der Waals surface area contributed by atoms with Crippen molar-refractivity contribution >= 4 is 5.69 Å². The van der Waals surface area contributed by atoms with Crippen LogP contribution in [0.15, 0.2) is 24.3 Å². The molecule has 0 saturated heterocycles. The highest BCUT2D eigenvalue weighted by Crippen LogP contribution is 2.28. The van der Waals surface area contributed by atoms with Crippen molar-refractivity contribution in [2.75, 3.05) is 24.5 Å². The molecule has 2 nitrogen and oxygen atoms in total. The van der Waals surface area contributed by atoms with Gasteiger partial charge < -0.3 is 10.2 Å².